The van der Waals surface area contributed by atoms with Crippen molar-refractivity contribution in [1.29, 1.82) is 0 Å². The fourth-order valence-electron chi connectivity index (χ4n) is 3.01. The van der Waals surface area contributed by atoms with E-state index in [-0.39, 0.29) is 11.9 Å². The highest BCUT2D eigenvalue weighted by atomic mass is 16.3. The Morgan fingerprint density at radius 1 is 1.32 bits per heavy atom. The normalized spacial score (nSPS) is 18.7. The standard InChI is InChI=1S/C16H20N4O2/c1-16(2,22)14-4-3-9-19(14)15(21)12-5-7-13(8-6-12)20-11-17-10-18-20/h5-8,10-11,14,22H,3-4,9H2,1-2H3. The molecule has 1 atom stereocenters. The molecule has 3 rings (SSSR count). The Balaban J connectivity index is 1.80. The van der Waals surface area contributed by atoms with Crippen molar-refractivity contribution in [3.63, 3.8) is 0 Å². The molecule has 1 aliphatic rings. The van der Waals surface area contributed by atoms with Gasteiger partial charge < -0.3 is 10.0 Å². The van der Waals surface area contributed by atoms with E-state index in [1.807, 2.05) is 12.1 Å². The second kappa shape index (κ2) is 5.53. The van der Waals surface area contributed by atoms with E-state index in [1.165, 1.54) is 6.33 Å². The summed E-state index contributed by atoms with van der Waals surface area (Å²) in [6.07, 6.45) is 4.85. The maximum Gasteiger partial charge on any atom is 0.254 e. The molecule has 0 radical (unpaired) electrons. The van der Waals surface area contributed by atoms with Crippen LogP contribution < -0.4 is 0 Å². The van der Waals surface area contributed by atoms with Gasteiger partial charge in [0.25, 0.3) is 5.91 Å². The van der Waals surface area contributed by atoms with Crippen LogP contribution >= 0.6 is 0 Å². The first-order valence-electron chi connectivity index (χ1n) is 7.45. The maximum absolute atomic E-state index is 12.7. The maximum atomic E-state index is 12.7. The molecule has 1 N–H and O–H groups in total. The lowest BCUT2D eigenvalue weighted by Crippen LogP contribution is -2.48. The van der Waals surface area contributed by atoms with Crippen LogP contribution in [0, 0.1) is 0 Å². The summed E-state index contributed by atoms with van der Waals surface area (Å²) in [6, 6.07) is 7.14. The minimum Gasteiger partial charge on any atom is -0.388 e. The van der Waals surface area contributed by atoms with Crippen molar-refractivity contribution in [3.8, 4) is 5.69 Å². The SMILES string of the molecule is CC(C)(O)C1CCCN1C(=O)c1ccc(-n2cncn2)cc1. The zero-order chi connectivity index (χ0) is 15.7. The number of carbonyl (C=O) groups excluding carboxylic acids is 1. The van der Waals surface area contributed by atoms with Gasteiger partial charge in [0.05, 0.1) is 17.3 Å². The van der Waals surface area contributed by atoms with Crippen LogP contribution in [0.3, 0.4) is 0 Å². The first kappa shape index (κ1) is 14.7. The summed E-state index contributed by atoms with van der Waals surface area (Å²) >= 11 is 0. The van der Waals surface area contributed by atoms with Gasteiger partial charge in [-0.15, -0.1) is 0 Å². The van der Waals surface area contributed by atoms with Crippen molar-refractivity contribution in [2.75, 3.05) is 6.54 Å². The number of benzene rings is 1. The molecule has 1 saturated heterocycles. The van der Waals surface area contributed by atoms with Gasteiger partial charge in [0.1, 0.15) is 12.7 Å². The van der Waals surface area contributed by atoms with Crippen LogP contribution in [0.25, 0.3) is 5.69 Å². The van der Waals surface area contributed by atoms with Crippen molar-refractivity contribution >= 4 is 5.91 Å². The lowest BCUT2D eigenvalue weighted by atomic mass is 9.96. The quantitative estimate of drug-likeness (QED) is 0.935. The predicted octanol–water partition coefficient (Wildman–Crippen LogP) is 1.64. The van der Waals surface area contributed by atoms with E-state index in [2.05, 4.69) is 10.1 Å². The smallest absolute Gasteiger partial charge is 0.254 e. The largest absolute Gasteiger partial charge is 0.388 e. The number of aromatic nitrogens is 3. The van der Waals surface area contributed by atoms with E-state index in [9.17, 15) is 9.90 Å². The van der Waals surface area contributed by atoms with E-state index in [1.54, 1.807) is 41.9 Å². The summed E-state index contributed by atoms with van der Waals surface area (Å²) in [5.41, 5.74) is 0.599. The minimum atomic E-state index is -0.882. The second-order valence-corrected chi connectivity index (χ2v) is 6.20. The van der Waals surface area contributed by atoms with Gasteiger partial charge in [-0.05, 0) is 51.0 Å². The van der Waals surface area contributed by atoms with Crippen LogP contribution in [-0.2, 0) is 0 Å². The highest BCUT2D eigenvalue weighted by molar-refractivity contribution is 5.94. The third kappa shape index (κ3) is 2.74. The van der Waals surface area contributed by atoms with Crippen molar-refractivity contribution in [2.45, 2.75) is 38.3 Å². The Bertz CT molecular complexity index is 644. The molecule has 0 aliphatic carbocycles. The molecular formula is C16H20N4O2. The molecule has 6 nitrogen and oxygen atoms in total. The zero-order valence-electron chi connectivity index (χ0n) is 12.8. The average molecular weight is 300 g/mol. The van der Waals surface area contributed by atoms with E-state index >= 15 is 0 Å². The molecule has 1 fully saturated rings. The predicted molar refractivity (Wildman–Crippen MR) is 81.7 cm³/mol. The topological polar surface area (TPSA) is 71.2 Å². The van der Waals surface area contributed by atoms with Crippen LogP contribution in [0.5, 0.6) is 0 Å². The summed E-state index contributed by atoms with van der Waals surface area (Å²) in [5.74, 6) is -0.0326. The number of rotatable bonds is 3. The molecule has 2 aromatic rings. The van der Waals surface area contributed by atoms with Crippen molar-refractivity contribution in [3.05, 3.63) is 42.5 Å². The molecule has 0 saturated carbocycles. The number of carbonyl (C=O) groups is 1. The lowest BCUT2D eigenvalue weighted by molar-refractivity contribution is 0.000336. The molecule has 2 heterocycles. The number of nitrogens with zero attached hydrogens (tertiary/aromatic N) is 4. The van der Waals surface area contributed by atoms with Crippen LogP contribution in [0.2, 0.25) is 0 Å². The molecule has 0 spiro atoms. The summed E-state index contributed by atoms with van der Waals surface area (Å²) < 4.78 is 1.64. The number of hydrogen-bond donors (Lipinski definition) is 1. The molecule has 0 bridgehead atoms. The Kier molecular flexibility index (Phi) is 3.70. The highest BCUT2D eigenvalue weighted by Gasteiger charge is 2.38. The fraction of sp³-hybridized carbons (Fsp3) is 0.438. The van der Waals surface area contributed by atoms with Gasteiger partial charge in [-0.25, -0.2) is 9.67 Å². The van der Waals surface area contributed by atoms with Gasteiger partial charge in [-0.2, -0.15) is 5.10 Å². The fourth-order valence-corrected chi connectivity index (χ4v) is 3.01. The van der Waals surface area contributed by atoms with E-state index < -0.39 is 5.60 Å². The molecule has 1 aromatic carbocycles. The Hall–Kier alpha value is -2.21. The minimum absolute atomic E-state index is 0.0326. The molecule has 6 heteroatoms. The molecule has 1 amide bonds. The van der Waals surface area contributed by atoms with Crippen molar-refractivity contribution in [2.24, 2.45) is 0 Å². The Morgan fingerprint density at radius 2 is 2.05 bits per heavy atom. The van der Waals surface area contributed by atoms with Gasteiger partial charge in [0, 0.05) is 12.1 Å². The highest BCUT2D eigenvalue weighted by Crippen LogP contribution is 2.28. The first-order chi connectivity index (χ1) is 10.5. The Morgan fingerprint density at radius 3 is 2.64 bits per heavy atom. The van der Waals surface area contributed by atoms with E-state index in [0.717, 1.165) is 18.5 Å². The van der Waals surface area contributed by atoms with Gasteiger partial charge >= 0.3 is 0 Å². The molecular weight excluding hydrogens is 280 g/mol. The zero-order valence-corrected chi connectivity index (χ0v) is 12.8. The summed E-state index contributed by atoms with van der Waals surface area (Å²) in [4.78, 5) is 18.4. The summed E-state index contributed by atoms with van der Waals surface area (Å²) in [5, 5.41) is 14.3. The van der Waals surface area contributed by atoms with E-state index in [0.29, 0.717) is 12.1 Å². The molecule has 22 heavy (non-hydrogen) atoms. The third-order valence-corrected chi connectivity index (χ3v) is 4.13. The van der Waals surface area contributed by atoms with Gasteiger partial charge in [0.15, 0.2) is 0 Å². The van der Waals surface area contributed by atoms with E-state index in [4.69, 9.17) is 0 Å². The van der Waals surface area contributed by atoms with Gasteiger partial charge in [-0.3, -0.25) is 4.79 Å². The Labute approximate surface area is 129 Å². The number of hydrogen-bond acceptors (Lipinski definition) is 4. The molecule has 1 aliphatic heterocycles. The summed E-state index contributed by atoms with van der Waals surface area (Å²) in [7, 11) is 0. The van der Waals surface area contributed by atoms with Crippen LogP contribution in [-0.4, -0.2) is 48.9 Å². The summed E-state index contributed by atoms with van der Waals surface area (Å²) in [6.45, 7) is 4.21. The number of amides is 1. The van der Waals surface area contributed by atoms with Gasteiger partial charge in [-0.1, -0.05) is 0 Å². The number of aliphatic hydroxyl groups is 1. The van der Waals surface area contributed by atoms with Crippen LogP contribution in [0.4, 0.5) is 0 Å². The molecule has 1 aromatic heterocycles. The monoisotopic (exact) mass is 300 g/mol. The molecule has 116 valence electrons. The van der Waals surface area contributed by atoms with Crippen LogP contribution in [0.1, 0.15) is 37.0 Å². The van der Waals surface area contributed by atoms with Gasteiger partial charge in [0.2, 0.25) is 0 Å². The second-order valence-electron chi connectivity index (χ2n) is 6.20. The molecule has 1 unspecified atom stereocenters. The lowest BCUT2D eigenvalue weighted by Gasteiger charge is -2.33. The first-order valence-corrected chi connectivity index (χ1v) is 7.45. The van der Waals surface area contributed by atoms with Crippen molar-refractivity contribution < 1.29 is 9.90 Å². The van der Waals surface area contributed by atoms with Crippen LogP contribution in [0.15, 0.2) is 36.9 Å². The van der Waals surface area contributed by atoms with Crippen molar-refractivity contribution in [1.82, 2.24) is 19.7 Å². The average Bonchev–Trinajstić information content (AvgIpc) is 3.17. The number of likely N-dealkylation sites (tertiary alicyclic amines) is 1. The third-order valence-electron chi connectivity index (χ3n) is 4.13.